The smallest absolute Gasteiger partial charge is 0.416 e. The SMILES string of the molecule is COc1ccc2[nH]cc(CCNC(=O)NC3(C(=O)Nc4ccc(C(F)(F)F)cc4)CCCCC3)c2c1. The van der Waals surface area contributed by atoms with E-state index in [1.165, 1.54) is 12.1 Å². The van der Waals surface area contributed by atoms with Crippen LogP contribution in [0.3, 0.4) is 0 Å². The van der Waals surface area contributed by atoms with Crippen molar-refractivity contribution in [3.8, 4) is 5.75 Å². The number of carbonyl (C=O) groups is 2. The third kappa shape index (κ3) is 5.75. The molecule has 0 aliphatic heterocycles. The maximum atomic E-state index is 13.2. The highest BCUT2D eigenvalue weighted by Crippen LogP contribution is 2.32. The quantitative estimate of drug-likeness (QED) is 0.349. The van der Waals surface area contributed by atoms with E-state index in [4.69, 9.17) is 4.74 Å². The summed E-state index contributed by atoms with van der Waals surface area (Å²) in [5.41, 5.74) is 0.320. The van der Waals surface area contributed by atoms with E-state index in [9.17, 15) is 22.8 Å². The van der Waals surface area contributed by atoms with Gasteiger partial charge in [0.05, 0.1) is 12.7 Å². The summed E-state index contributed by atoms with van der Waals surface area (Å²) in [6.45, 7) is 0.354. The van der Waals surface area contributed by atoms with Crippen LogP contribution in [0, 0.1) is 0 Å². The summed E-state index contributed by atoms with van der Waals surface area (Å²) in [6.07, 6.45) is 1.39. The molecule has 1 aromatic heterocycles. The molecule has 1 heterocycles. The number of urea groups is 1. The number of hydrogen-bond donors (Lipinski definition) is 4. The average molecular weight is 503 g/mol. The molecule has 2 aromatic carbocycles. The Labute approximate surface area is 206 Å². The highest BCUT2D eigenvalue weighted by Gasteiger charge is 2.41. The first kappa shape index (κ1) is 25.4. The monoisotopic (exact) mass is 502 g/mol. The van der Waals surface area contributed by atoms with E-state index in [2.05, 4.69) is 20.9 Å². The van der Waals surface area contributed by atoms with Gasteiger partial charge in [-0.2, -0.15) is 13.2 Å². The Morgan fingerprint density at radius 1 is 1.06 bits per heavy atom. The normalized spacial score (nSPS) is 15.3. The first-order valence-corrected chi connectivity index (χ1v) is 11.9. The Bertz CT molecular complexity index is 1220. The summed E-state index contributed by atoms with van der Waals surface area (Å²) in [4.78, 5) is 29.1. The molecule has 4 rings (SSSR count). The summed E-state index contributed by atoms with van der Waals surface area (Å²) in [7, 11) is 1.61. The molecule has 192 valence electrons. The third-order valence-electron chi connectivity index (χ3n) is 6.62. The minimum absolute atomic E-state index is 0.245. The fourth-order valence-electron chi connectivity index (χ4n) is 4.62. The van der Waals surface area contributed by atoms with E-state index in [1.807, 2.05) is 24.4 Å². The zero-order valence-electron chi connectivity index (χ0n) is 19.9. The minimum Gasteiger partial charge on any atom is -0.497 e. The number of carbonyl (C=O) groups excluding carboxylic acids is 2. The first-order valence-electron chi connectivity index (χ1n) is 11.9. The Morgan fingerprint density at radius 2 is 1.78 bits per heavy atom. The molecular formula is C26H29F3N4O3. The molecule has 0 unspecified atom stereocenters. The molecule has 1 saturated carbocycles. The number of aromatic amines is 1. The molecule has 1 aliphatic rings. The largest absolute Gasteiger partial charge is 0.497 e. The lowest BCUT2D eigenvalue weighted by Gasteiger charge is -2.36. The number of methoxy groups -OCH3 is 1. The van der Waals surface area contributed by atoms with Crippen LogP contribution in [0.15, 0.2) is 48.7 Å². The number of nitrogens with one attached hydrogen (secondary N) is 4. The van der Waals surface area contributed by atoms with Gasteiger partial charge in [0, 0.05) is 29.3 Å². The second-order valence-corrected chi connectivity index (χ2v) is 9.03. The van der Waals surface area contributed by atoms with Crippen LogP contribution >= 0.6 is 0 Å². The van der Waals surface area contributed by atoms with E-state index in [0.29, 0.717) is 25.8 Å². The van der Waals surface area contributed by atoms with Crippen LogP contribution in [0.25, 0.3) is 10.9 Å². The van der Waals surface area contributed by atoms with Crippen LogP contribution in [0.4, 0.5) is 23.7 Å². The van der Waals surface area contributed by atoms with Crippen molar-refractivity contribution in [2.75, 3.05) is 19.0 Å². The van der Waals surface area contributed by atoms with Crippen LogP contribution in [0.1, 0.15) is 43.2 Å². The fraction of sp³-hybridized carbons (Fsp3) is 0.385. The number of hydrogen-bond acceptors (Lipinski definition) is 3. The highest BCUT2D eigenvalue weighted by molar-refractivity contribution is 6.00. The Morgan fingerprint density at radius 3 is 2.44 bits per heavy atom. The molecule has 10 heteroatoms. The van der Waals surface area contributed by atoms with E-state index in [1.54, 1.807) is 7.11 Å². The van der Waals surface area contributed by atoms with Crippen molar-refractivity contribution in [3.63, 3.8) is 0 Å². The van der Waals surface area contributed by atoms with E-state index < -0.39 is 29.2 Å². The van der Waals surface area contributed by atoms with Gasteiger partial charge in [0.1, 0.15) is 11.3 Å². The van der Waals surface area contributed by atoms with Crippen LogP contribution < -0.4 is 20.7 Å². The third-order valence-corrected chi connectivity index (χ3v) is 6.62. The molecule has 0 radical (unpaired) electrons. The van der Waals surface area contributed by atoms with Crippen molar-refractivity contribution in [2.24, 2.45) is 0 Å². The lowest BCUT2D eigenvalue weighted by atomic mass is 9.81. The molecule has 0 atom stereocenters. The Hall–Kier alpha value is -3.69. The topological polar surface area (TPSA) is 95.2 Å². The van der Waals surface area contributed by atoms with Crippen LogP contribution in [0.5, 0.6) is 5.75 Å². The number of alkyl halides is 3. The summed E-state index contributed by atoms with van der Waals surface area (Å²) < 4.78 is 43.8. The number of ether oxygens (including phenoxy) is 1. The molecule has 1 fully saturated rings. The summed E-state index contributed by atoms with van der Waals surface area (Å²) >= 11 is 0. The Balaban J connectivity index is 1.37. The summed E-state index contributed by atoms with van der Waals surface area (Å²) in [5.74, 6) is 0.313. The number of anilines is 1. The number of fused-ring (bicyclic) bond motifs is 1. The van der Waals surface area contributed by atoms with Gasteiger partial charge in [0.25, 0.3) is 0 Å². The number of rotatable bonds is 7. The number of aromatic nitrogens is 1. The zero-order valence-corrected chi connectivity index (χ0v) is 19.9. The lowest BCUT2D eigenvalue weighted by Crippen LogP contribution is -2.60. The number of amides is 3. The standard InChI is InChI=1S/C26H29F3N4O3/c1-36-20-9-10-22-21(15-20)17(16-31-22)11-14-30-24(35)33-25(12-3-2-4-13-25)23(34)32-19-7-5-18(6-8-19)26(27,28)29/h5-10,15-16,31H,2-4,11-14H2,1H3,(H,32,34)(H2,30,33,35). The molecule has 1 aliphatic carbocycles. The van der Waals surface area contributed by atoms with Crippen molar-refractivity contribution in [3.05, 3.63) is 59.8 Å². The van der Waals surface area contributed by atoms with Crippen molar-refractivity contribution in [2.45, 2.75) is 50.2 Å². The molecule has 3 aromatic rings. The fourth-order valence-corrected chi connectivity index (χ4v) is 4.62. The van der Waals surface area contributed by atoms with Gasteiger partial charge in [-0.1, -0.05) is 19.3 Å². The van der Waals surface area contributed by atoms with Crippen LogP contribution in [0.2, 0.25) is 0 Å². The maximum Gasteiger partial charge on any atom is 0.416 e. The molecule has 4 N–H and O–H groups in total. The van der Waals surface area contributed by atoms with E-state index in [0.717, 1.165) is 53.6 Å². The first-order chi connectivity index (χ1) is 17.2. The van der Waals surface area contributed by atoms with Crippen LogP contribution in [-0.4, -0.2) is 36.1 Å². The van der Waals surface area contributed by atoms with Gasteiger partial charge in [-0.05, 0) is 67.3 Å². The molecule has 0 saturated heterocycles. The second kappa shape index (κ2) is 10.5. The molecule has 0 bridgehead atoms. The van der Waals surface area contributed by atoms with E-state index in [-0.39, 0.29) is 5.69 Å². The van der Waals surface area contributed by atoms with Gasteiger partial charge >= 0.3 is 12.2 Å². The predicted octanol–water partition coefficient (Wildman–Crippen LogP) is 5.38. The van der Waals surface area contributed by atoms with Gasteiger partial charge < -0.3 is 25.7 Å². The molecule has 3 amide bonds. The number of benzene rings is 2. The van der Waals surface area contributed by atoms with Gasteiger partial charge in [-0.3, -0.25) is 4.79 Å². The zero-order chi connectivity index (χ0) is 25.8. The lowest BCUT2D eigenvalue weighted by molar-refractivity contribution is -0.137. The second-order valence-electron chi connectivity index (χ2n) is 9.03. The van der Waals surface area contributed by atoms with Gasteiger partial charge in [-0.25, -0.2) is 4.79 Å². The van der Waals surface area contributed by atoms with Gasteiger partial charge in [-0.15, -0.1) is 0 Å². The van der Waals surface area contributed by atoms with Crippen molar-refractivity contribution in [1.29, 1.82) is 0 Å². The van der Waals surface area contributed by atoms with Crippen molar-refractivity contribution >= 4 is 28.5 Å². The number of H-pyrrole nitrogens is 1. The maximum absolute atomic E-state index is 13.2. The average Bonchev–Trinajstić information content (AvgIpc) is 3.26. The number of halogens is 3. The van der Waals surface area contributed by atoms with Gasteiger partial charge in [0.2, 0.25) is 5.91 Å². The van der Waals surface area contributed by atoms with Crippen molar-refractivity contribution < 1.29 is 27.5 Å². The molecular weight excluding hydrogens is 473 g/mol. The predicted molar refractivity (Wildman–Crippen MR) is 131 cm³/mol. The van der Waals surface area contributed by atoms with E-state index >= 15 is 0 Å². The van der Waals surface area contributed by atoms with Crippen LogP contribution in [-0.2, 0) is 17.4 Å². The van der Waals surface area contributed by atoms with Gasteiger partial charge in [0.15, 0.2) is 0 Å². The molecule has 36 heavy (non-hydrogen) atoms. The molecule has 0 spiro atoms. The summed E-state index contributed by atoms with van der Waals surface area (Å²) in [6, 6.07) is 9.54. The molecule has 7 nitrogen and oxygen atoms in total. The summed E-state index contributed by atoms with van der Waals surface area (Å²) in [5, 5.41) is 9.37. The Kier molecular flexibility index (Phi) is 7.42. The minimum atomic E-state index is -4.45. The van der Waals surface area contributed by atoms with Crippen molar-refractivity contribution in [1.82, 2.24) is 15.6 Å². The highest BCUT2D eigenvalue weighted by atomic mass is 19.4.